The molecule has 25 heavy (non-hydrogen) atoms. The topological polar surface area (TPSA) is 64.4 Å². The third-order valence-corrected chi connectivity index (χ3v) is 10.1. The molecule has 0 N–H and O–H groups in total. The average molecular weight is 366 g/mol. The van der Waals surface area contributed by atoms with E-state index in [1.807, 2.05) is 20.9 Å². The molecule has 1 fully saturated rings. The fourth-order valence-electron chi connectivity index (χ4n) is 2.84. The first kappa shape index (κ1) is 19.8. The first-order valence-corrected chi connectivity index (χ1v) is 11.8. The number of hydrogen-bond donors (Lipinski definition) is 0. The maximum absolute atomic E-state index is 12.5. The summed E-state index contributed by atoms with van der Waals surface area (Å²) in [6.45, 7) is 14.7. The summed E-state index contributed by atoms with van der Waals surface area (Å²) in [5.74, 6) is 0.0342. The second kappa shape index (κ2) is 6.68. The van der Waals surface area contributed by atoms with Crippen LogP contribution in [0.5, 0.6) is 0 Å². The molecule has 2 heterocycles. The van der Waals surface area contributed by atoms with Gasteiger partial charge in [0.05, 0.1) is 6.04 Å². The van der Waals surface area contributed by atoms with Crippen LogP contribution in [0.3, 0.4) is 0 Å². The molecule has 1 aliphatic rings. The zero-order valence-electron chi connectivity index (χ0n) is 16.7. The van der Waals surface area contributed by atoms with Gasteiger partial charge in [0.15, 0.2) is 14.1 Å². The van der Waals surface area contributed by atoms with E-state index in [2.05, 4.69) is 39.0 Å². The fraction of sp³-hybridized carbons (Fsp3) is 0.722. The lowest BCUT2D eigenvalue weighted by molar-refractivity contribution is -0.159. The number of aromatic nitrogens is 2. The molecular formula is C18H31N3O3Si. The normalized spacial score (nSPS) is 19.8. The summed E-state index contributed by atoms with van der Waals surface area (Å²) < 4.78 is 8.02. The number of ketones is 1. The van der Waals surface area contributed by atoms with Crippen LogP contribution in [0, 0.1) is 6.92 Å². The monoisotopic (exact) mass is 365 g/mol. The van der Waals surface area contributed by atoms with Crippen LogP contribution in [0.25, 0.3) is 0 Å². The summed E-state index contributed by atoms with van der Waals surface area (Å²) in [4.78, 5) is 26.3. The van der Waals surface area contributed by atoms with Crippen molar-refractivity contribution in [3.63, 3.8) is 0 Å². The number of rotatable bonds is 6. The number of β-lactam (4-membered cyclic amide) rings is 1. The van der Waals surface area contributed by atoms with Gasteiger partial charge in [-0.1, -0.05) is 20.8 Å². The number of likely N-dealkylation sites (tertiary alicyclic amines) is 1. The lowest BCUT2D eigenvalue weighted by atomic mass is 9.95. The molecule has 1 aliphatic heterocycles. The largest absolute Gasteiger partial charge is 0.397 e. The quantitative estimate of drug-likeness (QED) is 0.441. The molecule has 0 aliphatic carbocycles. The number of amides is 1. The van der Waals surface area contributed by atoms with E-state index in [4.69, 9.17) is 4.43 Å². The highest BCUT2D eigenvalue weighted by atomic mass is 28.4. The summed E-state index contributed by atoms with van der Waals surface area (Å²) in [5, 5.41) is 4.32. The van der Waals surface area contributed by atoms with Crippen molar-refractivity contribution in [2.45, 2.75) is 77.9 Å². The molecule has 0 bridgehead atoms. The molecular weight excluding hydrogens is 334 g/mol. The molecule has 7 heteroatoms. The predicted molar refractivity (Wildman–Crippen MR) is 99.9 cm³/mol. The van der Waals surface area contributed by atoms with Crippen LogP contribution in [0.1, 0.15) is 56.7 Å². The summed E-state index contributed by atoms with van der Waals surface area (Å²) in [6, 6.07) is 1.70. The van der Waals surface area contributed by atoms with Crippen LogP contribution in [-0.2, 0) is 16.3 Å². The Kier molecular flexibility index (Phi) is 5.30. The van der Waals surface area contributed by atoms with Crippen LogP contribution >= 0.6 is 0 Å². The van der Waals surface area contributed by atoms with Gasteiger partial charge in [-0.25, -0.2) is 0 Å². The fourth-order valence-corrected chi connectivity index (χ4v) is 4.16. The molecule has 0 aromatic carbocycles. The summed E-state index contributed by atoms with van der Waals surface area (Å²) in [7, 11) is -0.155. The molecule has 0 spiro atoms. The van der Waals surface area contributed by atoms with E-state index in [1.54, 1.807) is 15.6 Å². The Labute approximate surface area is 151 Å². The molecule has 1 aromatic heterocycles. The second-order valence-corrected chi connectivity index (χ2v) is 13.3. The van der Waals surface area contributed by atoms with Crippen molar-refractivity contribution in [1.29, 1.82) is 0 Å². The number of carbonyl (C=O) groups is 2. The van der Waals surface area contributed by atoms with E-state index in [0.717, 1.165) is 5.69 Å². The summed E-state index contributed by atoms with van der Waals surface area (Å²) in [6.07, 6.45) is 0.404. The molecule has 1 aromatic rings. The van der Waals surface area contributed by atoms with Gasteiger partial charge in [0, 0.05) is 25.6 Å². The third kappa shape index (κ3) is 4.03. The lowest BCUT2D eigenvalue weighted by Crippen LogP contribution is -2.60. The van der Waals surface area contributed by atoms with Crippen molar-refractivity contribution in [1.82, 2.24) is 14.7 Å². The smallest absolute Gasteiger partial charge is 0.226 e. The molecule has 0 unspecified atom stereocenters. The van der Waals surface area contributed by atoms with Crippen LogP contribution in [0.2, 0.25) is 18.1 Å². The molecule has 1 saturated heterocycles. The van der Waals surface area contributed by atoms with Crippen molar-refractivity contribution in [3.05, 3.63) is 17.5 Å². The summed E-state index contributed by atoms with van der Waals surface area (Å²) in [5.41, 5.74) is 1.41. The van der Waals surface area contributed by atoms with Gasteiger partial charge in [0.1, 0.15) is 11.9 Å². The Morgan fingerprint density at radius 2 is 2.04 bits per heavy atom. The number of hydrogen-bond acceptors (Lipinski definition) is 4. The van der Waals surface area contributed by atoms with Crippen molar-refractivity contribution in [2.24, 2.45) is 7.05 Å². The van der Waals surface area contributed by atoms with Gasteiger partial charge in [0.25, 0.3) is 0 Å². The Balaban J connectivity index is 2.03. The van der Waals surface area contributed by atoms with Crippen molar-refractivity contribution >= 4 is 20.0 Å². The van der Waals surface area contributed by atoms with E-state index in [-0.39, 0.29) is 29.0 Å². The first-order valence-electron chi connectivity index (χ1n) is 8.86. The third-order valence-electron chi connectivity index (χ3n) is 5.58. The van der Waals surface area contributed by atoms with Crippen molar-refractivity contribution in [3.8, 4) is 0 Å². The molecule has 0 radical (unpaired) electrons. The van der Waals surface area contributed by atoms with Gasteiger partial charge in [-0.15, -0.1) is 0 Å². The van der Waals surface area contributed by atoms with E-state index >= 15 is 0 Å². The van der Waals surface area contributed by atoms with E-state index in [0.29, 0.717) is 18.5 Å². The van der Waals surface area contributed by atoms with Gasteiger partial charge in [-0.2, -0.15) is 5.10 Å². The minimum absolute atomic E-state index is 0.0225. The molecule has 2 atom stereocenters. The van der Waals surface area contributed by atoms with E-state index < -0.39 is 8.32 Å². The van der Waals surface area contributed by atoms with Gasteiger partial charge < -0.3 is 9.33 Å². The minimum Gasteiger partial charge on any atom is -0.397 e. The summed E-state index contributed by atoms with van der Waals surface area (Å²) >= 11 is 0. The van der Waals surface area contributed by atoms with Gasteiger partial charge >= 0.3 is 0 Å². The highest BCUT2D eigenvalue weighted by Crippen LogP contribution is 2.39. The molecule has 1 amide bonds. The van der Waals surface area contributed by atoms with Crippen molar-refractivity contribution < 1.29 is 14.0 Å². The van der Waals surface area contributed by atoms with Gasteiger partial charge in [-0.05, 0) is 38.0 Å². The molecule has 2 rings (SSSR count). The second-order valence-electron chi connectivity index (χ2n) is 8.56. The Hall–Kier alpha value is -1.47. The van der Waals surface area contributed by atoms with Crippen LogP contribution in [0.4, 0.5) is 0 Å². The average Bonchev–Trinajstić information content (AvgIpc) is 2.75. The minimum atomic E-state index is -1.97. The molecule has 6 nitrogen and oxygen atoms in total. The Morgan fingerprint density at radius 3 is 2.48 bits per heavy atom. The highest BCUT2D eigenvalue weighted by Gasteiger charge is 2.45. The standard InChI is InChI=1S/C18H31N3O3Si/c1-12-9-15(19-20(12)6)16(22)10-14-11-17(23)21(14)13(2)24-25(7,8)18(3,4)5/h9,13-14H,10-11H2,1-8H3/t13-,14-/m1/s1. The van der Waals surface area contributed by atoms with Crippen LogP contribution in [-0.4, -0.2) is 47.0 Å². The van der Waals surface area contributed by atoms with E-state index in [1.165, 1.54) is 0 Å². The first-order chi connectivity index (χ1) is 11.3. The van der Waals surface area contributed by atoms with Crippen LogP contribution < -0.4 is 0 Å². The number of nitrogens with zero attached hydrogens (tertiary/aromatic N) is 3. The highest BCUT2D eigenvalue weighted by molar-refractivity contribution is 6.74. The molecule has 0 saturated carbocycles. The Morgan fingerprint density at radius 1 is 1.44 bits per heavy atom. The van der Waals surface area contributed by atoms with Gasteiger partial charge in [-0.3, -0.25) is 14.3 Å². The molecule has 140 valence electrons. The number of aryl methyl sites for hydroxylation is 2. The van der Waals surface area contributed by atoms with Gasteiger partial charge in [0.2, 0.25) is 5.91 Å². The van der Waals surface area contributed by atoms with Crippen LogP contribution in [0.15, 0.2) is 6.07 Å². The van der Waals surface area contributed by atoms with E-state index in [9.17, 15) is 9.59 Å². The number of Topliss-reactive ketones (excluding diaryl/α,β-unsaturated/α-hetero) is 1. The number of carbonyl (C=O) groups excluding carboxylic acids is 2. The van der Waals surface area contributed by atoms with Crippen molar-refractivity contribution in [2.75, 3.05) is 0 Å². The lowest BCUT2D eigenvalue weighted by Gasteiger charge is -2.48. The predicted octanol–water partition coefficient (Wildman–Crippen LogP) is 3.27. The zero-order chi connectivity index (χ0) is 19.2. The zero-order valence-corrected chi connectivity index (χ0v) is 17.7. The maximum Gasteiger partial charge on any atom is 0.226 e. The maximum atomic E-state index is 12.5. The SMILES string of the molecule is Cc1cc(C(=O)C[C@@H]2CC(=O)N2[C@@H](C)O[Si](C)(C)C(C)(C)C)nn1C. The Bertz CT molecular complexity index is 656.